The molecule has 2 rings (SSSR count). The highest BCUT2D eigenvalue weighted by molar-refractivity contribution is 6.31. The van der Waals surface area contributed by atoms with Crippen LogP contribution in [0, 0.1) is 5.82 Å². The number of ether oxygens (including phenoxy) is 1. The minimum Gasteiger partial charge on any atom is -0.465 e. The van der Waals surface area contributed by atoms with Gasteiger partial charge in [-0.2, -0.15) is 13.2 Å². The van der Waals surface area contributed by atoms with Crippen LogP contribution in [0.5, 0.6) is 0 Å². The Morgan fingerprint density at radius 3 is 2.30 bits per heavy atom. The quantitative estimate of drug-likeness (QED) is 0.361. The van der Waals surface area contributed by atoms with E-state index in [0.29, 0.717) is 17.7 Å². The van der Waals surface area contributed by atoms with E-state index >= 15 is 0 Å². The van der Waals surface area contributed by atoms with Crippen molar-refractivity contribution in [3.63, 3.8) is 0 Å². The molecule has 0 saturated heterocycles. The predicted octanol–water partition coefficient (Wildman–Crippen LogP) is 4.72. The van der Waals surface area contributed by atoms with Crippen LogP contribution in [-0.2, 0) is 10.9 Å². The van der Waals surface area contributed by atoms with Gasteiger partial charge in [0.1, 0.15) is 5.82 Å². The Morgan fingerprint density at radius 1 is 1.09 bits per heavy atom. The van der Waals surface area contributed by atoms with Crippen LogP contribution in [-0.4, -0.2) is 36.5 Å². The van der Waals surface area contributed by atoms with Gasteiger partial charge in [-0.15, -0.1) is 0 Å². The first-order chi connectivity index (χ1) is 15.4. The highest BCUT2D eigenvalue weighted by Crippen LogP contribution is 2.31. The summed E-state index contributed by atoms with van der Waals surface area (Å²) in [5.74, 6) is -2.98. The van der Waals surface area contributed by atoms with E-state index < -0.39 is 47.1 Å². The molecule has 0 spiro atoms. The Kier molecular flexibility index (Phi) is 8.26. The lowest BCUT2D eigenvalue weighted by molar-refractivity contribution is -0.137. The number of urea groups is 1. The summed E-state index contributed by atoms with van der Waals surface area (Å²) >= 11 is 6.24. The van der Waals surface area contributed by atoms with Crippen molar-refractivity contribution in [2.24, 2.45) is 0 Å². The number of carbonyl (C=O) groups excluding carboxylic acids is 3. The second kappa shape index (κ2) is 10.5. The van der Waals surface area contributed by atoms with Crippen molar-refractivity contribution in [3.8, 4) is 0 Å². The average molecular weight is 490 g/mol. The molecule has 0 fully saturated rings. The highest BCUT2D eigenvalue weighted by Gasteiger charge is 2.32. The van der Waals surface area contributed by atoms with E-state index in [1.165, 1.54) is 24.1 Å². The molecule has 0 saturated carbocycles. The fraction of sp³-hybridized carbons (Fsp3) is 0.286. The Balaban J connectivity index is 2.13. The van der Waals surface area contributed by atoms with Crippen molar-refractivity contribution < 1.29 is 36.7 Å². The van der Waals surface area contributed by atoms with E-state index in [4.69, 9.17) is 11.6 Å². The third kappa shape index (κ3) is 6.35. The molecule has 0 aromatic heterocycles. The van der Waals surface area contributed by atoms with Crippen molar-refractivity contribution in [1.82, 2.24) is 15.8 Å². The number of methoxy groups -OCH3 is 1. The van der Waals surface area contributed by atoms with Crippen LogP contribution < -0.4 is 10.9 Å². The molecule has 0 radical (unpaired) electrons. The molecule has 1 atom stereocenters. The largest absolute Gasteiger partial charge is 0.465 e. The molecule has 178 valence electrons. The van der Waals surface area contributed by atoms with Crippen LogP contribution in [0.25, 0.3) is 0 Å². The molecule has 0 aliphatic carbocycles. The number of alkyl halides is 3. The molecule has 0 aliphatic heterocycles. The molecule has 1 unspecified atom stereocenters. The van der Waals surface area contributed by atoms with Crippen molar-refractivity contribution in [3.05, 3.63) is 69.5 Å². The fourth-order valence-electron chi connectivity index (χ4n) is 3.01. The van der Waals surface area contributed by atoms with E-state index in [0.717, 1.165) is 0 Å². The van der Waals surface area contributed by atoms with Crippen molar-refractivity contribution >= 4 is 29.5 Å². The van der Waals surface area contributed by atoms with Gasteiger partial charge >= 0.3 is 18.2 Å². The third-order valence-corrected chi connectivity index (χ3v) is 5.04. The lowest BCUT2D eigenvalue weighted by atomic mass is 10.0. The van der Waals surface area contributed by atoms with Crippen LogP contribution in [0.4, 0.5) is 22.4 Å². The van der Waals surface area contributed by atoms with E-state index in [1.807, 2.05) is 5.43 Å². The molecule has 3 amide bonds. The standard InChI is InChI=1S/C21H20ClF4N3O4/c1-4-29(11(2)16-6-5-12(9-17(16)22)19(31)33-3)20(32)28-27-18(30)13-7-14(21(24,25)26)10-15(23)8-13/h5-11H,4H2,1-3H3,(H,27,30)(H,28,32). The first kappa shape index (κ1) is 25.9. The van der Waals surface area contributed by atoms with Crippen LogP contribution >= 0.6 is 11.6 Å². The minimum atomic E-state index is -4.85. The Hall–Kier alpha value is -3.34. The normalized spacial score (nSPS) is 12.0. The molecule has 12 heteroatoms. The van der Waals surface area contributed by atoms with E-state index in [2.05, 4.69) is 10.2 Å². The second-order valence-electron chi connectivity index (χ2n) is 6.80. The summed E-state index contributed by atoms with van der Waals surface area (Å²) in [6, 6.07) is 4.32. The molecule has 7 nitrogen and oxygen atoms in total. The first-order valence-corrected chi connectivity index (χ1v) is 9.89. The number of rotatable bonds is 5. The summed E-state index contributed by atoms with van der Waals surface area (Å²) < 4.78 is 56.7. The van der Waals surface area contributed by atoms with Gasteiger partial charge in [-0.3, -0.25) is 10.2 Å². The van der Waals surface area contributed by atoms with Gasteiger partial charge in [0.2, 0.25) is 0 Å². The van der Waals surface area contributed by atoms with Crippen molar-refractivity contribution in [1.29, 1.82) is 0 Å². The predicted molar refractivity (Wildman–Crippen MR) is 111 cm³/mol. The lowest BCUT2D eigenvalue weighted by Gasteiger charge is -2.29. The average Bonchev–Trinajstić information content (AvgIpc) is 2.76. The molecular weight excluding hydrogens is 470 g/mol. The van der Waals surface area contributed by atoms with Crippen LogP contribution in [0.1, 0.15) is 51.7 Å². The SMILES string of the molecule is CCN(C(=O)NNC(=O)c1cc(F)cc(C(F)(F)F)c1)C(C)c1ccc(C(=O)OC)cc1Cl. The van der Waals surface area contributed by atoms with Gasteiger partial charge in [-0.05, 0) is 49.7 Å². The molecule has 2 aromatic carbocycles. The molecular formula is C21H20ClF4N3O4. The van der Waals surface area contributed by atoms with E-state index in [9.17, 15) is 31.9 Å². The summed E-state index contributed by atoms with van der Waals surface area (Å²) in [6.07, 6.45) is -4.85. The maximum atomic E-state index is 13.5. The van der Waals surface area contributed by atoms with Gasteiger partial charge in [0.05, 0.1) is 24.3 Å². The van der Waals surface area contributed by atoms with Gasteiger partial charge in [0.15, 0.2) is 0 Å². The molecule has 0 heterocycles. The number of esters is 1. The summed E-state index contributed by atoms with van der Waals surface area (Å²) in [6.45, 7) is 3.46. The number of nitrogens with zero attached hydrogens (tertiary/aromatic N) is 1. The van der Waals surface area contributed by atoms with Crippen molar-refractivity contribution in [2.75, 3.05) is 13.7 Å². The molecule has 0 bridgehead atoms. The number of amides is 3. The number of benzene rings is 2. The summed E-state index contributed by atoms with van der Waals surface area (Å²) in [5, 5.41) is 0.195. The zero-order valence-electron chi connectivity index (χ0n) is 17.7. The van der Waals surface area contributed by atoms with Crippen molar-refractivity contribution in [2.45, 2.75) is 26.1 Å². The van der Waals surface area contributed by atoms with Crippen LogP contribution in [0.2, 0.25) is 5.02 Å². The van der Waals surface area contributed by atoms with Gasteiger partial charge in [0, 0.05) is 17.1 Å². The van der Waals surface area contributed by atoms with Gasteiger partial charge in [-0.1, -0.05) is 17.7 Å². The van der Waals surface area contributed by atoms with Crippen LogP contribution in [0.3, 0.4) is 0 Å². The smallest absolute Gasteiger partial charge is 0.416 e. The maximum absolute atomic E-state index is 13.5. The number of halogens is 5. The van der Waals surface area contributed by atoms with Gasteiger partial charge in [-0.25, -0.2) is 19.4 Å². The fourth-order valence-corrected chi connectivity index (χ4v) is 3.35. The van der Waals surface area contributed by atoms with Crippen LogP contribution in [0.15, 0.2) is 36.4 Å². The Morgan fingerprint density at radius 2 is 1.76 bits per heavy atom. The number of carbonyl (C=O) groups is 3. The van der Waals surface area contributed by atoms with E-state index in [1.54, 1.807) is 19.9 Å². The number of hydrogen-bond donors (Lipinski definition) is 2. The lowest BCUT2D eigenvalue weighted by Crippen LogP contribution is -2.49. The molecule has 2 aromatic rings. The topological polar surface area (TPSA) is 87.7 Å². The summed E-state index contributed by atoms with van der Waals surface area (Å²) in [7, 11) is 1.22. The Bertz CT molecular complexity index is 1060. The Labute approximate surface area is 191 Å². The third-order valence-electron chi connectivity index (χ3n) is 4.71. The van der Waals surface area contributed by atoms with Gasteiger partial charge in [0.25, 0.3) is 5.91 Å². The maximum Gasteiger partial charge on any atom is 0.416 e. The summed E-state index contributed by atoms with van der Waals surface area (Å²) in [5.41, 5.74) is 2.79. The minimum absolute atomic E-state index is 0.163. The van der Waals surface area contributed by atoms with Gasteiger partial charge < -0.3 is 9.64 Å². The van der Waals surface area contributed by atoms with E-state index in [-0.39, 0.29) is 23.2 Å². The zero-order chi connectivity index (χ0) is 24.9. The number of hydrogen-bond acceptors (Lipinski definition) is 4. The number of nitrogens with one attached hydrogen (secondary N) is 2. The first-order valence-electron chi connectivity index (χ1n) is 9.51. The molecule has 0 aliphatic rings. The second-order valence-corrected chi connectivity index (χ2v) is 7.21. The number of hydrazine groups is 1. The molecule has 33 heavy (non-hydrogen) atoms. The monoisotopic (exact) mass is 489 g/mol. The highest BCUT2D eigenvalue weighted by atomic mass is 35.5. The molecule has 2 N–H and O–H groups in total. The summed E-state index contributed by atoms with van der Waals surface area (Å²) in [4.78, 5) is 37.6. The zero-order valence-corrected chi connectivity index (χ0v) is 18.5.